The molecule has 0 amide bonds. The lowest BCUT2D eigenvalue weighted by Gasteiger charge is -2.18. The van der Waals surface area contributed by atoms with Gasteiger partial charge >= 0.3 is 0 Å². The summed E-state index contributed by atoms with van der Waals surface area (Å²) >= 11 is 0. The molecule has 0 bridgehead atoms. The minimum absolute atomic E-state index is 0. The van der Waals surface area contributed by atoms with Crippen molar-refractivity contribution in [3.8, 4) is 0 Å². The number of aromatic nitrogens is 3. The van der Waals surface area contributed by atoms with Gasteiger partial charge < -0.3 is 15.2 Å². The molecular formula is C24H33IN6O. The van der Waals surface area contributed by atoms with Gasteiger partial charge in [-0.3, -0.25) is 14.5 Å². The maximum atomic E-state index is 11.9. The summed E-state index contributed by atoms with van der Waals surface area (Å²) in [7, 11) is 3.76. The molecule has 0 spiro atoms. The lowest BCUT2D eigenvalue weighted by molar-refractivity contribution is 0.635. The Kier molecular flexibility index (Phi) is 9.49. The lowest BCUT2D eigenvalue weighted by atomic mass is 10.1. The van der Waals surface area contributed by atoms with Crippen molar-refractivity contribution in [2.45, 2.75) is 46.3 Å². The molecular weight excluding hydrogens is 515 g/mol. The average molecular weight is 548 g/mol. The lowest BCUT2D eigenvalue weighted by Crippen LogP contribution is -2.42. The van der Waals surface area contributed by atoms with Crippen molar-refractivity contribution in [3.63, 3.8) is 0 Å². The number of benzene rings is 1. The highest BCUT2D eigenvalue weighted by atomic mass is 127. The third-order valence-corrected chi connectivity index (χ3v) is 5.51. The minimum atomic E-state index is 0. The third kappa shape index (κ3) is 6.69. The van der Waals surface area contributed by atoms with Gasteiger partial charge in [0.05, 0.1) is 12.2 Å². The molecule has 3 aromatic rings. The van der Waals surface area contributed by atoms with Gasteiger partial charge in [0.1, 0.15) is 0 Å². The van der Waals surface area contributed by atoms with Crippen LogP contribution in [0.5, 0.6) is 0 Å². The Bertz CT molecular complexity index is 1100. The molecule has 2 heterocycles. The van der Waals surface area contributed by atoms with E-state index in [1.54, 1.807) is 23.7 Å². The zero-order valence-electron chi connectivity index (χ0n) is 19.4. The van der Waals surface area contributed by atoms with Crippen LogP contribution in [-0.2, 0) is 26.6 Å². The van der Waals surface area contributed by atoms with Gasteiger partial charge in [0.25, 0.3) is 5.56 Å². The van der Waals surface area contributed by atoms with Gasteiger partial charge in [0.15, 0.2) is 5.96 Å². The second-order valence-electron chi connectivity index (χ2n) is 7.93. The molecule has 0 aliphatic carbocycles. The number of nitrogens with one attached hydrogen (secondary N) is 2. The molecule has 3 rings (SSSR count). The fourth-order valence-corrected chi connectivity index (χ4v) is 3.63. The van der Waals surface area contributed by atoms with Crippen molar-refractivity contribution in [1.29, 1.82) is 0 Å². The van der Waals surface area contributed by atoms with Gasteiger partial charge in [-0.25, -0.2) is 0 Å². The Morgan fingerprint density at radius 2 is 1.81 bits per heavy atom. The highest BCUT2D eigenvalue weighted by Crippen LogP contribution is 2.14. The van der Waals surface area contributed by atoms with E-state index in [4.69, 9.17) is 0 Å². The van der Waals surface area contributed by atoms with E-state index < -0.39 is 0 Å². The highest BCUT2D eigenvalue weighted by Gasteiger charge is 2.14. The van der Waals surface area contributed by atoms with E-state index in [2.05, 4.69) is 65.8 Å². The zero-order chi connectivity index (χ0) is 22.4. The molecule has 0 saturated carbocycles. The summed E-state index contributed by atoms with van der Waals surface area (Å²) < 4.78 is 3.63. The van der Waals surface area contributed by atoms with Crippen LogP contribution < -0.4 is 16.2 Å². The molecule has 0 radical (unpaired) electrons. The number of hydrogen-bond donors (Lipinski definition) is 2. The normalized spacial score (nSPS) is 12.2. The van der Waals surface area contributed by atoms with Crippen LogP contribution in [0.1, 0.15) is 35.0 Å². The van der Waals surface area contributed by atoms with Gasteiger partial charge in [0, 0.05) is 44.6 Å². The first-order valence-corrected chi connectivity index (χ1v) is 10.6. The summed E-state index contributed by atoms with van der Waals surface area (Å²) in [4.78, 5) is 16.2. The molecule has 32 heavy (non-hydrogen) atoms. The van der Waals surface area contributed by atoms with E-state index in [0.717, 1.165) is 29.2 Å². The summed E-state index contributed by atoms with van der Waals surface area (Å²) in [5.41, 5.74) is 5.82. The molecule has 0 fully saturated rings. The molecule has 1 aromatic carbocycles. The molecule has 1 atom stereocenters. The van der Waals surface area contributed by atoms with Gasteiger partial charge in [0.2, 0.25) is 0 Å². The largest absolute Gasteiger partial charge is 0.354 e. The third-order valence-electron chi connectivity index (χ3n) is 5.51. The van der Waals surface area contributed by atoms with E-state index in [0.29, 0.717) is 13.1 Å². The number of aliphatic imine (C=N–C) groups is 1. The Hall–Kier alpha value is -2.62. The Balaban J connectivity index is 0.00000363. The smallest absolute Gasteiger partial charge is 0.250 e. The first-order chi connectivity index (χ1) is 14.9. The fourth-order valence-electron chi connectivity index (χ4n) is 3.63. The van der Waals surface area contributed by atoms with E-state index in [9.17, 15) is 4.79 Å². The van der Waals surface area contributed by atoms with Crippen LogP contribution in [0.3, 0.4) is 0 Å². The quantitative estimate of drug-likeness (QED) is 0.270. The van der Waals surface area contributed by atoms with Gasteiger partial charge in [-0.1, -0.05) is 30.3 Å². The van der Waals surface area contributed by atoms with E-state index >= 15 is 0 Å². The predicted octanol–water partition coefficient (Wildman–Crippen LogP) is 3.16. The minimum Gasteiger partial charge on any atom is -0.354 e. The molecule has 0 aliphatic heterocycles. The Morgan fingerprint density at radius 1 is 1.12 bits per heavy atom. The van der Waals surface area contributed by atoms with Gasteiger partial charge in [-0.15, -0.1) is 24.0 Å². The second-order valence-corrected chi connectivity index (χ2v) is 7.93. The first kappa shape index (κ1) is 25.6. The van der Waals surface area contributed by atoms with Crippen LogP contribution in [0.2, 0.25) is 0 Å². The molecule has 2 aromatic heterocycles. The molecule has 7 nitrogen and oxygen atoms in total. The van der Waals surface area contributed by atoms with Crippen molar-refractivity contribution in [2.75, 3.05) is 7.05 Å². The second kappa shape index (κ2) is 11.8. The van der Waals surface area contributed by atoms with Crippen molar-refractivity contribution < 1.29 is 0 Å². The van der Waals surface area contributed by atoms with Crippen LogP contribution in [0.25, 0.3) is 0 Å². The molecule has 172 valence electrons. The predicted molar refractivity (Wildman–Crippen MR) is 141 cm³/mol. The number of rotatable bonds is 7. The van der Waals surface area contributed by atoms with Gasteiger partial charge in [-0.05, 0) is 49.9 Å². The van der Waals surface area contributed by atoms with Crippen molar-refractivity contribution in [3.05, 3.63) is 87.1 Å². The van der Waals surface area contributed by atoms with Crippen LogP contribution in [0.15, 0.2) is 58.4 Å². The summed E-state index contributed by atoms with van der Waals surface area (Å²) in [6.45, 7) is 7.55. The highest BCUT2D eigenvalue weighted by molar-refractivity contribution is 14.0. The molecule has 2 N–H and O–H groups in total. The van der Waals surface area contributed by atoms with Crippen LogP contribution in [0, 0.1) is 13.8 Å². The maximum Gasteiger partial charge on any atom is 0.250 e. The average Bonchev–Trinajstić information content (AvgIpc) is 2.99. The van der Waals surface area contributed by atoms with Crippen LogP contribution in [0.4, 0.5) is 0 Å². The summed E-state index contributed by atoms with van der Waals surface area (Å²) in [5, 5.41) is 11.3. The summed E-state index contributed by atoms with van der Waals surface area (Å²) in [6, 6.07) is 13.7. The van der Waals surface area contributed by atoms with E-state index in [-0.39, 0.29) is 35.6 Å². The van der Waals surface area contributed by atoms with Crippen molar-refractivity contribution in [1.82, 2.24) is 25.0 Å². The molecule has 1 unspecified atom stereocenters. The fraction of sp³-hybridized carbons (Fsp3) is 0.375. The first-order valence-electron chi connectivity index (χ1n) is 10.6. The monoisotopic (exact) mass is 548 g/mol. The van der Waals surface area contributed by atoms with Crippen LogP contribution in [-0.4, -0.2) is 33.4 Å². The Labute approximate surface area is 207 Å². The van der Waals surface area contributed by atoms with E-state index in [1.807, 2.05) is 24.0 Å². The Morgan fingerprint density at radius 3 is 2.41 bits per heavy atom. The molecule has 0 saturated heterocycles. The topological polar surface area (TPSA) is 76.2 Å². The van der Waals surface area contributed by atoms with Crippen molar-refractivity contribution >= 4 is 29.9 Å². The standard InChI is InChI=1S/C24H32N6O.HI/c1-17(14-22-18(2)28-29(5)19(22)3)27-24(25-4)26-15-20-9-11-21(12-10-20)16-30-13-7-6-8-23(30)31;/h6-13,17H,14-16H2,1-5H3,(H2,25,26,27);1H. The summed E-state index contributed by atoms with van der Waals surface area (Å²) in [6.07, 6.45) is 2.70. The number of pyridine rings is 1. The van der Waals surface area contributed by atoms with Crippen molar-refractivity contribution in [2.24, 2.45) is 12.0 Å². The summed E-state index contributed by atoms with van der Waals surface area (Å²) in [5.74, 6) is 0.770. The maximum absolute atomic E-state index is 11.9. The number of guanidine groups is 1. The molecule has 0 aliphatic rings. The van der Waals surface area contributed by atoms with Crippen LogP contribution >= 0.6 is 24.0 Å². The SMILES string of the molecule is CN=C(NCc1ccc(Cn2ccccc2=O)cc1)NC(C)Cc1c(C)nn(C)c1C.I. The molecule has 8 heteroatoms. The van der Waals surface area contributed by atoms with E-state index in [1.165, 1.54) is 11.3 Å². The number of aryl methyl sites for hydroxylation is 2. The number of hydrogen-bond acceptors (Lipinski definition) is 3. The zero-order valence-corrected chi connectivity index (χ0v) is 21.8. The number of halogens is 1. The van der Waals surface area contributed by atoms with Gasteiger partial charge in [-0.2, -0.15) is 5.10 Å². The number of nitrogens with zero attached hydrogens (tertiary/aromatic N) is 4.